The van der Waals surface area contributed by atoms with Crippen LogP contribution in [0.3, 0.4) is 0 Å². The Morgan fingerprint density at radius 2 is 2.10 bits per heavy atom. The van der Waals surface area contributed by atoms with Crippen molar-refractivity contribution in [1.82, 2.24) is 10.0 Å². The van der Waals surface area contributed by atoms with E-state index in [1.165, 1.54) is 26.2 Å². The van der Waals surface area contributed by atoms with Gasteiger partial charge in [-0.2, -0.15) is 4.72 Å². The molecule has 1 aromatic rings. The standard InChI is InChI=1S/C13H17BrN2O4S/c1-8(13(17)15-9-3-4-9)16-21(18,19)10-5-6-12(20-2)11(14)7-10/h5-9,16H,3-4H2,1-2H3,(H,15,17). The van der Waals surface area contributed by atoms with Crippen molar-refractivity contribution >= 4 is 31.9 Å². The fraction of sp³-hybridized carbons (Fsp3) is 0.462. The van der Waals surface area contributed by atoms with E-state index in [0.29, 0.717) is 10.2 Å². The van der Waals surface area contributed by atoms with Crippen molar-refractivity contribution in [1.29, 1.82) is 0 Å². The molecule has 1 fully saturated rings. The lowest BCUT2D eigenvalue weighted by Crippen LogP contribution is -2.45. The van der Waals surface area contributed by atoms with E-state index in [2.05, 4.69) is 26.0 Å². The quantitative estimate of drug-likeness (QED) is 0.785. The third kappa shape index (κ3) is 4.18. The van der Waals surface area contributed by atoms with E-state index >= 15 is 0 Å². The topological polar surface area (TPSA) is 84.5 Å². The fourth-order valence-electron chi connectivity index (χ4n) is 1.72. The Kier molecular flexibility index (Phi) is 4.90. The van der Waals surface area contributed by atoms with Gasteiger partial charge in [0.1, 0.15) is 5.75 Å². The molecular weight excluding hydrogens is 360 g/mol. The highest BCUT2D eigenvalue weighted by molar-refractivity contribution is 9.10. The summed E-state index contributed by atoms with van der Waals surface area (Å²) in [6.45, 7) is 1.52. The van der Waals surface area contributed by atoms with E-state index < -0.39 is 16.1 Å². The molecule has 1 aliphatic carbocycles. The van der Waals surface area contributed by atoms with Gasteiger partial charge in [0.2, 0.25) is 15.9 Å². The first-order valence-electron chi connectivity index (χ1n) is 6.49. The Hall–Kier alpha value is -1.12. The van der Waals surface area contributed by atoms with Crippen LogP contribution in [0.15, 0.2) is 27.6 Å². The monoisotopic (exact) mass is 376 g/mol. The summed E-state index contributed by atoms with van der Waals surface area (Å²) in [5, 5.41) is 2.76. The number of benzene rings is 1. The third-order valence-electron chi connectivity index (χ3n) is 3.08. The maximum atomic E-state index is 12.2. The average Bonchev–Trinajstić information content (AvgIpc) is 3.22. The number of carbonyl (C=O) groups excluding carboxylic acids is 1. The smallest absolute Gasteiger partial charge is 0.241 e. The molecule has 1 atom stereocenters. The normalized spacial score (nSPS) is 16.3. The van der Waals surface area contributed by atoms with Crippen molar-refractivity contribution in [3.8, 4) is 5.75 Å². The molecule has 1 amide bonds. The van der Waals surface area contributed by atoms with E-state index in [9.17, 15) is 13.2 Å². The van der Waals surface area contributed by atoms with E-state index in [1.54, 1.807) is 6.07 Å². The molecule has 0 aliphatic heterocycles. The van der Waals surface area contributed by atoms with Crippen LogP contribution in [-0.2, 0) is 14.8 Å². The molecule has 0 spiro atoms. The maximum Gasteiger partial charge on any atom is 0.241 e. The van der Waals surface area contributed by atoms with Gasteiger partial charge in [0, 0.05) is 6.04 Å². The van der Waals surface area contributed by atoms with Crippen molar-refractivity contribution in [2.45, 2.75) is 36.7 Å². The lowest BCUT2D eigenvalue weighted by molar-refractivity contribution is -0.122. The zero-order valence-corrected chi connectivity index (χ0v) is 14.1. The van der Waals surface area contributed by atoms with Crippen molar-refractivity contribution in [2.75, 3.05) is 7.11 Å². The van der Waals surface area contributed by atoms with Gasteiger partial charge in [0.25, 0.3) is 0 Å². The largest absolute Gasteiger partial charge is 0.496 e. The summed E-state index contributed by atoms with van der Waals surface area (Å²) in [4.78, 5) is 11.9. The molecule has 2 rings (SSSR count). The van der Waals surface area contributed by atoms with E-state index in [-0.39, 0.29) is 16.8 Å². The van der Waals surface area contributed by atoms with E-state index in [4.69, 9.17) is 4.74 Å². The summed E-state index contributed by atoms with van der Waals surface area (Å²) >= 11 is 3.24. The second kappa shape index (κ2) is 6.33. The van der Waals surface area contributed by atoms with E-state index in [1.807, 2.05) is 0 Å². The highest BCUT2D eigenvalue weighted by Gasteiger charge is 2.28. The van der Waals surface area contributed by atoms with Crippen molar-refractivity contribution in [3.05, 3.63) is 22.7 Å². The van der Waals surface area contributed by atoms with Gasteiger partial charge in [-0.15, -0.1) is 0 Å². The number of methoxy groups -OCH3 is 1. The molecule has 0 bridgehead atoms. The number of amides is 1. The van der Waals surface area contributed by atoms with Crippen LogP contribution in [-0.4, -0.2) is 33.5 Å². The van der Waals surface area contributed by atoms with Crippen molar-refractivity contribution in [3.63, 3.8) is 0 Å². The second-order valence-corrected chi connectivity index (χ2v) is 7.49. The predicted molar refractivity (Wildman–Crippen MR) is 81.6 cm³/mol. The van der Waals surface area contributed by atoms with Crippen LogP contribution >= 0.6 is 15.9 Å². The molecule has 0 saturated heterocycles. The maximum absolute atomic E-state index is 12.2. The van der Waals surface area contributed by atoms with Gasteiger partial charge in [-0.25, -0.2) is 8.42 Å². The van der Waals surface area contributed by atoms with Crippen LogP contribution in [0, 0.1) is 0 Å². The summed E-state index contributed by atoms with van der Waals surface area (Å²) in [7, 11) is -2.27. The van der Waals surface area contributed by atoms with Gasteiger partial charge in [-0.1, -0.05) is 0 Å². The van der Waals surface area contributed by atoms with Crippen LogP contribution in [0.4, 0.5) is 0 Å². The molecule has 8 heteroatoms. The summed E-state index contributed by atoms with van der Waals surface area (Å²) in [6.07, 6.45) is 1.91. The third-order valence-corrected chi connectivity index (χ3v) is 5.24. The SMILES string of the molecule is COc1ccc(S(=O)(=O)NC(C)C(=O)NC2CC2)cc1Br. The minimum Gasteiger partial charge on any atom is -0.496 e. The minimum atomic E-state index is -3.76. The summed E-state index contributed by atoms with van der Waals surface area (Å²) in [5.74, 6) is 0.224. The zero-order valence-electron chi connectivity index (χ0n) is 11.7. The number of sulfonamides is 1. The molecule has 1 saturated carbocycles. The molecule has 21 heavy (non-hydrogen) atoms. The first kappa shape index (κ1) is 16.3. The summed E-state index contributed by atoms with van der Waals surface area (Å²) in [5.41, 5.74) is 0. The Morgan fingerprint density at radius 1 is 1.43 bits per heavy atom. The highest BCUT2D eigenvalue weighted by Crippen LogP contribution is 2.27. The first-order valence-corrected chi connectivity index (χ1v) is 8.77. The van der Waals surface area contributed by atoms with Gasteiger partial charge in [-0.3, -0.25) is 4.79 Å². The molecule has 0 aromatic heterocycles. The minimum absolute atomic E-state index is 0.0706. The van der Waals surface area contributed by atoms with Crippen molar-refractivity contribution < 1.29 is 17.9 Å². The van der Waals surface area contributed by atoms with Crippen LogP contribution in [0.1, 0.15) is 19.8 Å². The summed E-state index contributed by atoms with van der Waals surface area (Å²) in [6, 6.07) is 3.79. The molecular formula is C13H17BrN2O4S. The number of rotatable bonds is 6. The van der Waals surface area contributed by atoms with Gasteiger partial charge in [-0.05, 0) is 53.9 Å². The number of nitrogens with one attached hydrogen (secondary N) is 2. The zero-order chi connectivity index (χ0) is 15.6. The highest BCUT2D eigenvalue weighted by atomic mass is 79.9. The molecule has 6 nitrogen and oxygen atoms in total. The van der Waals surface area contributed by atoms with Crippen LogP contribution in [0.2, 0.25) is 0 Å². The lowest BCUT2D eigenvalue weighted by Gasteiger charge is -2.14. The number of hydrogen-bond donors (Lipinski definition) is 2. The predicted octanol–water partition coefficient (Wildman–Crippen LogP) is 1.40. The Bertz CT molecular complexity index is 644. The van der Waals surface area contributed by atoms with Crippen LogP contribution in [0.5, 0.6) is 5.75 Å². The fourth-order valence-corrected chi connectivity index (χ4v) is 3.64. The Balaban J connectivity index is 2.09. The average molecular weight is 377 g/mol. The number of hydrogen-bond acceptors (Lipinski definition) is 4. The molecule has 2 N–H and O–H groups in total. The van der Waals surface area contributed by atoms with Crippen molar-refractivity contribution in [2.24, 2.45) is 0 Å². The molecule has 0 heterocycles. The number of carbonyl (C=O) groups is 1. The van der Waals surface area contributed by atoms with Gasteiger partial charge >= 0.3 is 0 Å². The van der Waals surface area contributed by atoms with Gasteiger partial charge in [0.15, 0.2) is 0 Å². The molecule has 1 aliphatic rings. The molecule has 1 aromatic carbocycles. The van der Waals surface area contributed by atoms with Crippen LogP contribution in [0.25, 0.3) is 0 Å². The number of ether oxygens (including phenoxy) is 1. The van der Waals surface area contributed by atoms with Crippen LogP contribution < -0.4 is 14.8 Å². The molecule has 1 unspecified atom stereocenters. The Morgan fingerprint density at radius 3 is 2.62 bits per heavy atom. The lowest BCUT2D eigenvalue weighted by atomic mass is 10.3. The summed E-state index contributed by atoms with van der Waals surface area (Å²) < 4.78 is 32.5. The van der Waals surface area contributed by atoms with Gasteiger partial charge < -0.3 is 10.1 Å². The Labute approximate surface area is 132 Å². The molecule has 116 valence electrons. The van der Waals surface area contributed by atoms with E-state index in [0.717, 1.165) is 12.8 Å². The second-order valence-electron chi connectivity index (χ2n) is 4.92. The number of halogens is 1. The first-order chi connectivity index (χ1) is 9.83. The van der Waals surface area contributed by atoms with Gasteiger partial charge in [0.05, 0.1) is 22.5 Å². The molecule has 0 radical (unpaired) electrons.